The van der Waals surface area contributed by atoms with Gasteiger partial charge in [-0.3, -0.25) is 0 Å². The van der Waals surface area contributed by atoms with Gasteiger partial charge in [-0.15, -0.1) is 0 Å². The van der Waals surface area contributed by atoms with Gasteiger partial charge >= 0.3 is 0 Å². The Morgan fingerprint density at radius 3 is 2.68 bits per heavy atom. The number of aliphatic imine (C=N–C) groups is 1. The molecule has 4 nitrogen and oxygen atoms in total. The van der Waals surface area contributed by atoms with Crippen LogP contribution < -0.4 is 11.5 Å². The van der Waals surface area contributed by atoms with Crippen molar-refractivity contribution in [2.45, 2.75) is 30.4 Å². The molecule has 1 aliphatic carbocycles. The van der Waals surface area contributed by atoms with E-state index in [-0.39, 0.29) is 11.3 Å². The molecular formula is C14H15F4N3O. The predicted octanol–water partition coefficient (Wildman–Crippen LogP) is 2.33. The Hall–Kier alpha value is -1.99. The molecule has 3 atom stereocenters. The van der Waals surface area contributed by atoms with Gasteiger partial charge in [-0.25, -0.2) is 22.6 Å². The largest absolute Gasteiger partial charge is 0.461 e. The molecule has 1 aromatic rings. The topological polar surface area (TPSA) is 73.6 Å². The number of hydrogen-bond acceptors (Lipinski definition) is 4. The highest BCUT2D eigenvalue weighted by Crippen LogP contribution is 2.53. The molecule has 120 valence electrons. The van der Waals surface area contributed by atoms with Crippen molar-refractivity contribution in [2.24, 2.45) is 16.6 Å². The Labute approximate surface area is 124 Å². The molecule has 2 aliphatic rings. The lowest BCUT2D eigenvalue weighted by Gasteiger charge is -2.40. The molecule has 0 saturated heterocycles. The fourth-order valence-electron chi connectivity index (χ4n) is 3.37. The number of anilines is 1. The van der Waals surface area contributed by atoms with Crippen molar-refractivity contribution in [3.63, 3.8) is 0 Å². The SMILES string of the molecule is NC1=NC(CF)(c2cc(N)ccc2F)C2CC(F)(F)CC2O1. The Kier molecular flexibility index (Phi) is 3.23. The molecule has 4 N–H and O–H groups in total. The van der Waals surface area contributed by atoms with Crippen LogP contribution in [0, 0.1) is 11.7 Å². The fourth-order valence-corrected chi connectivity index (χ4v) is 3.37. The number of amidine groups is 1. The molecule has 0 radical (unpaired) electrons. The second-order valence-corrected chi connectivity index (χ2v) is 5.77. The molecule has 0 bridgehead atoms. The van der Waals surface area contributed by atoms with E-state index in [4.69, 9.17) is 16.2 Å². The first-order valence-electron chi connectivity index (χ1n) is 6.79. The first-order chi connectivity index (χ1) is 10.3. The molecule has 0 amide bonds. The number of rotatable bonds is 2. The highest BCUT2D eigenvalue weighted by atomic mass is 19.3. The van der Waals surface area contributed by atoms with E-state index >= 15 is 0 Å². The number of alkyl halides is 3. The Balaban J connectivity index is 2.17. The average molecular weight is 317 g/mol. The zero-order valence-corrected chi connectivity index (χ0v) is 11.5. The van der Waals surface area contributed by atoms with Crippen molar-refractivity contribution < 1.29 is 22.3 Å². The number of nitrogen functional groups attached to an aromatic ring is 1. The summed E-state index contributed by atoms with van der Waals surface area (Å²) in [4.78, 5) is 3.88. The average Bonchev–Trinajstić information content (AvgIpc) is 2.75. The van der Waals surface area contributed by atoms with Crippen molar-refractivity contribution in [3.8, 4) is 0 Å². The lowest BCUT2D eigenvalue weighted by atomic mass is 9.76. The van der Waals surface area contributed by atoms with Gasteiger partial charge in [0.15, 0.2) is 0 Å². The van der Waals surface area contributed by atoms with Crippen molar-refractivity contribution >= 4 is 11.7 Å². The highest BCUT2D eigenvalue weighted by molar-refractivity contribution is 5.73. The standard InChI is InChI=1S/C14H15F4N3O/c15-6-14(8-3-7(19)1-2-10(8)16)9-4-13(17,18)5-11(9)22-12(20)21-14/h1-3,9,11H,4-6,19H2,(H2,20,21). The zero-order valence-electron chi connectivity index (χ0n) is 11.5. The Morgan fingerprint density at radius 2 is 2.00 bits per heavy atom. The maximum atomic E-state index is 14.2. The van der Waals surface area contributed by atoms with E-state index in [1.807, 2.05) is 0 Å². The Bertz CT molecular complexity index is 637. The van der Waals surface area contributed by atoms with Gasteiger partial charge in [0.05, 0.1) is 0 Å². The van der Waals surface area contributed by atoms with E-state index in [0.29, 0.717) is 0 Å². The van der Waals surface area contributed by atoms with E-state index in [9.17, 15) is 17.6 Å². The quantitative estimate of drug-likeness (QED) is 0.649. The first kappa shape index (κ1) is 14.9. The van der Waals surface area contributed by atoms with Crippen LogP contribution in [0.4, 0.5) is 23.2 Å². The molecule has 1 aliphatic heterocycles. The summed E-state index contributed by atoms with van der Waals surface area (Å²) in [5, 5.41) is 0. The number of halogens is 4. The van der Waals surface area contributed by atoms with Crippen LogP contribution in [0.25, 0.3) is 0 Å². The van der Waals surface area contributed by atoms with Gasteiger partial charge in [-0.05, 0) is 18.2 Å². The monoisotopic (exact) mass is 317 g/mol. The minimum absolute atomic E-state index is 0.172. The molecule has 3 rings (SSSR count). The molecular weight excluding hydrogens is 302 g/mol. The highest BCUT2D eigenvalue weighted by Gasteiger charge is 2.60. The van der Waals surface area contributed by atoms with E-state index < -0.39 is 54.8 Å². The molecule has 0 aromatic heterocycles. The van der Waals surface area contributed by atoms with Crippen LogP contribution in [0.3, 0.4) is 0 Å². The summed E-state index contributed by atoms with van der Waals surface area (Å²) in [5.74, 6) is -4.82. The minimum Gasteiger partial charge on any atom is -0.461 e. The fraction of sp³-hybridized carbons (Fsp3) is 0.500. The maximum absolute atomic E-state index is 14.2. The van der Waals surface area contributed by atoms with Crippen molar-refractivity contribution in [3.05, 3.63) is 29.6 Å². The van der Waals surface area contributed by atoms with Gasteiger partial charge in [-0.2, -0.15) is 0 Å². The van der Waals surface area contributed by atoms with Crippen LogP contribution >= 0.6 is 0 Å². The zero-order chi connectivity index (χ0) is 16.1. The summed E-state index contributed by atoms with van der Waals surface area (Å²) in [5.41, 5.74) is 9.32. The summed E-state index contributed by atoms with van der Waals surface area (Å²) in [6, 6.07) is 3.16. The normalized spacial score (nSPS) is 33.0. The maximum Gasteiger partial charge on any atom is 0.283 e. The number of benzene rings is 1. The van der Waals surface area contributed by atoms with Gasteiger partial charge in [-0.1, -0.05) is 0 Å². The van der Waals surface area contributed by atoms with E-state index in [1.54, 1.807) is 0 Å². The van der Waals surface area contributed by atoms with Gasteiger partial charge < -0.3 is 16.2 Å². The molecule has 1 aromatic carbocycles. The lowest BCUT2D eigenvalue weighted by Crippen LogP contribution is -2.48. The van der Waals surface area contributed by atoms with E-state index in [1.165, 1.54) is 12.1 Å². The Morgan fingerprint density at radius 1 is 1.27 bits per heavy atom. The van der Waals surface area contributed by atoms with Crippen LogP contribution in [0.1, 0.15) is 18.4 Å². The second kappa shape index (κ2) is 4.76. The summed E-state index contributed by atoms with van der Waals surface area (Å²) < 4.78 is 60.7. The predicted molar refractivity (Wildman–Crippen MR) is 72.6 cm³/mol. The summed E-state index contributed by atoms with van der Waals surface area (Å²) in [6.07, 6.45) is -2.25. The third kappa shape index (κ3) is 2.17. The van der Waals surface area contributed by atoms with Crippen molar-refractivity contribution in [1.29, 1.82) is 0 Å². The minimum atomic E-state index is -3.04. The first-order valence-corrected chi connectivity index (χ1v) is 6.79. The third-order valence-electron chi connectivity index (χ3n) is 4.32. The van der Waals surface area contributed by atoms with Crippen LogP contribution in [-0.4, -0.2) is 24.7 Å². The molecule has 1 fully saturated rings. The molecule has 0 spiro atoms. The number of nitrogens with two attached hydrogens (primary N) is 2. The summed E-state index contributed by atoms with van der Waals surface area (Å²) in [7, 11) is 0. The van der Waals surface area contributed by atoms with E-state index in [0.717, 1.165) is 6.07 Å². The van der Waals surface area contributed by atoms with Crippen LogP contribution in [0.15, 0.2) is 23.2 Å². The molecule has 22 heavy (non-hydrogen) atoms. The van der Waals surface area contributed by atoms with E-state index in [2.05, 4.69) is 4.99 Å². The molecule has 1 heterocycles. The summed E-state index contributed by atoms with van der Waals surface area (Å²) in [6.45, 7) is -1.17. The number of ether oxygens (including phenoxy) is 1. The lowest BCUT2D eigenvalue weighted by molar-refractivity contribution is -0.00299. The number of hydrogen-bond donors (Lipinski definition) is 2. The van der Waals surface area contributed by atoms with Crippen molar-refractivity contribution in [2.75, 3.05) is 12.4 Å². The van der Waals surface area contributed by atoms with Gasteiger partial charge in [0.2, 0.25) is 0 Å². The second-order valence-electron chi connectivity index (χ2n) is 5.77. The van der Waals surface area contributed by atoms with Crippen LogP contribution in [-0.2, 0) is 10.3 Å². The summed E-state index contributed by atoms with van der Waals surface area (Å²) >= 11 is 0. The van der Waals surface area contributed by atoms with Crippen LogP contribution in [0.5, 0.6) is 0 Å². The number of nitrogens with zero attached hydrogens (tertiary/aromatic N) is 1. The van der Waals surface area contributed by atoms with Crippen molar-refractivity contribution in [1.82, 2.24) is 0 Å². The molecule has 3 unspecified atom stereocenters. The molecule has 8 heteroatoms. The van der Waals surface area contributed by atoms with Gasteiger partial charge in [0.25, 0.3) is 11.9 Å². The third-order valence-corrected chi connectivity index (χ3v) is 4.32. The smallest absolute Gasteiger partial charge is 0.283 e. The van der Waals surface area contributed by atoms with Gasteiger partial charge in [0, 0.05) is 30.0 Å². The van der Waals surface area contributed by atoms with Crippen LogP contribution in [0.2, 0.25) is 0 Å². The molecule has 1 saturated carbocycles. The van der Waals surface area contributed by atoms with Gasteiger partial charge in [0.1, 0.15) is 24.1 Å². The number of fused-ring (bicyclic) bond motifs is 1.